The predicted octanol–water partition coefficient (Wildman–Crippen LogP) is 3.10. The first-order chi connectivity index (χ1) is 6.23. The minimum absolute atomic E-state index is 0.537. The van der Waals surface area contributed by atoms with Crippen LogP contribution in [0.1, 0.15) is 58.8 Å². The Kier molecular flexibility index (Phi) is 2.64. The molecule has 0 aromatic rings. The van der Waals surface area contributed by atoms with E-state index in [1.165, 1.54) is 44.9 Å². The van der Waals surface area contributed by atoms with Crippen LogP contribution in [0.4, 0.5) is 0 Å². The molecule has 2 rings (SSSR count). The summed E-state index contributed by atoms with van der Waals surface area (Å²) in [5.74, 6) is 0.964. The first kappa shape index (κ1) is 9.51. The van der Waals surface area contributed by atoms with Gasteiger partial charge in [-0.3, -0.25) is 0 Å². The van der Waals surface area contributed by atoms with Crippen molar-refractivity contribution < 1.29 is 0 Å². The molecule has 2 aliphatic rings. The van der Waals surface area contributed by atoms with E-state index in [-0.39, 0.29) is 0 Å². The molecule has 0 amide bonds. The van der Waals surface area contributed by atoms with Gasteiger partial charge in [0.1, 0.15) is 0 Å². The second-order valence-corrected chi connectivity index (χ2v) is 5.26. The minimum atomic E-state index is 0.537. The Hall–Kier alpha value is -0.0400. The van der Waals surface area contributed by atoms with Crippen LogP contribution in [0.5, 0.6) is 0 Å². The molecule has 2 atom stereocenters. The maximum atomic E-state index is 3.87. The SMILES string of the molecule is CCC1CCCCC1NC1(C)CC1. The molecule has 0 saturated heterocycles. The first-order valence-electron chi connectivity index (χ1n) is 6.01. The van der Waals surface area contributed by atoms with Gasteiger partial charge in [0.05, 0.1) is 0 Å². The van der Waals surface area contributed by atoms with Crippen LogP contribution in [0.3, 0.4) is 0 Å². The second kappa shape index (κ2) is 3.61. The van der Waals surface area contributed by atoms with Gasteiger partial charge in [-0.2, -0.15) is 0 Å². The fraction of sp³-hybridized carbons (Fsp3) is 1.00. The molecule has 76 valence electrons. The molecule has 1 heteroatoms. The second-order valence-electron chi connectivity index (χ2n) is 5.26. The maximum absolute atomic E-state index is 3.87. The van der Waals surface area contributed by atoms with Crippen LogP contribution in [0.15, 0.2) is 0 Å². The summed E-state index contributed by atoms with van der Waals surface area (Å²) >= 11 is 0. The minimum Gasteiger partial charge on any atom is -0.308 e. The van der Waals surface area contributed by atoms with E-state index in [9.17, 15) is 0 Å². The van der Waals surface area contributed by atoms with Crippen LogP contribution in [0, 0.1) is 5.92 Å². The predicted molar refractivity (Wildman–Crippen MR) is 56.8 cm³/mol. The summed E-state index contributed by atoms with van der Waals surface area (Å²) in [7, 11) is 0. The Morgan fingerprint density at radius 3 is 2.54 bits per heavy atom. The zero-order chi connectivity index (χ0) is 9.31. The van der Waals surface area contributed by atoms with Gasteiger partial charge in [0.2, 0.25) is 0 Å². The van der Waals surface area contributed by atoms with Crippen molar-refractivity contribution in [1.29, 1.82) is 0 Å². The average molecular weight is 181 g/mol. The Morgan fingerprint density at radius 1 is 1.23 bits per heavy atom. The van der Waals surface area contributed by atoms with Crippen molar-refractivity contribution in [3.8, 4) is 0 Å². The van der Waals surface area contributed by atoms with E-state index in [0.717, 1.165) is 12.0 Å². The van der Waals surface area contributed by atoms with Gasteiger partial charge in [0, 0.05) is 11.6 Å². The van der Waals surface area contributed by atoms with Crippen molar-refractivity contribution in [2.75, 3.05) is 0 Å². The topological polar surface area (TPSA) is 12.0 Å². The van der Waals surface area contributed by atoms with Gasteiger partial charge in [-0.25, -0.2) is 0 Å². The number of rotatable bonds is 3. The monoisotopic (exact) mass is 181 g/mol. The average Bonchev–Trinajstić information content (AvgIpc) is 2.84. The van der Waals surface area contributed by atoms with E-state index in [1.54, 1.807) is 0 Å². The maximum Gasteiger partial charge on any atom is 0.0157 e. The van der Waals surface area contributed by atoms with E-state index in [2.05, 4.69) is 19.2 Å². The molecule has 2 aliphatic carbocycles. The smallest absolute Gasteiger partial charge is 0.0157 e. The molecule has 2 fully saturated rings. The molecule has 0 aliphatic heterocycles. The fourth-order valence-electron chi connectivity index (χ4n) is 2.67. The molecular formula is C12H23N. The highest BCUT2D eigenvalue weighted by Crippen LogP contribution is 2.38. The van der Waals surface area contributed by atoms with Gasteiger partial charge in [-0.05, 0) is 38.5 Å². The molecule has 2 saturated carbocycles. The summed E-state index contributed by atoms with van der Waals surface area (Å²) in [4.78, 5) is 0. The Morgan fingerprint density at radius 2 is 1.92 bits per heavy atom. The van der Waals surface area contributed by atoms with Crippen LogP contribution < -0.4 is 5.32 Å². The molecule has 0 aromatic carbocycles. The highest BCUT2D eigenvalue weighted by atomic mass is 15.0. The Labute approximate surface area is 82.3 Å². The summed E-state index contributed by atoms with van der Waals surface area (Å²) in [5, 5.41) is 3.87. The van der Waals surface area contributed by atoms with Gasteiger partial charge >= 0.3 is 0 Å². The summed E-state index contributed by atoms with van der Waals surface area (Å²) in [5.41, 5.74) is 0.537. The summed E-state index contributed by atoms with van der Waals surface area (Å²) in [6, 6.07) is 0.839. The highest BCUT2D eigenvalue weighted by Gasteiger charge is 2.40. The first-order valence-corrected chi connectivity index (χ1v) is 6.01. The molecule has 0 aromatic heterocycles. The zero-order valence-electron chi connectivity index (χ0n) is 9.10. The number of hydrogen-bond donors (Lipinski definition) is 1. The highest BCUT2D eigenvalue weighted by molar-refractivity contribution is 5.00. The molecule has 1 N–H and O–H groups in total. The summed E-state index contributed by atoms with van der Waals surface area (Å²) in [6.07, 6.45) is 9.98. The normalized spacial score (nSPS) is 37.4. The molecule has 0 spiro atoms. The standard InChI is InChI=1S/C12H23N/c1-3-10-6-4-5-7-11(10)13-12(2)8-9-12/h10-11,13H,3-9H2,1-2H3. The summed E-state index contributed by atoms with van der Waals surface area (Å²) < 4.78 is 0. The fourth-order valence-corrected chi connectivity index (χ4v) is 2.67. The lowest BCUT2D eigenvalue weighted by atomic mass is 9.82. The Balaban J connectivity index is 1.87. The van der Waals surface area contributed by atoms with Gasteiger partial charge < -0.3 is 5.32 Å². The van der Waals surface area contributed by atoms with Gasteiger partial charge in [-0.15, -0.1) is 0 Å². The van der Waals surface area contributed by atoms with Crippen molar-refractivity contribution in [1.82, 2.24) is 5.32 Å². The number of nitrogens with one attached hydrogen (secondary N) is 1. The van der Waals surface area contributed by atoms with Crippen LogP contribution in [-0.2, 0) is 0 Å². The molecule has 0 radical (unpaired) electrons. The van der Waals surface area contributed by atoms with E-state index < -0.39 is 0 Å². The third-order valence-electron chi connectivity index (χ3n) is 3.97. The van der Waals surface area contributed by atoms with Gasteiger partial charge in [0.15, 0.2) is 0 Å². The molecule has 2 unspecified atom stereocenters. The van der Waals surface area contributed by atoms with Gasteiger partial charge in [-0.1, -0.05) is 26.2 Å². The number of hydrogen-bond acceptors (Lipinski definition) is 1. The van der Waals surface area contributed by atoms with Crippen molar-refractivity contribution in [2.45, 2.75) is 70.4 Å². The van der Waals surface area contributed by atoms with Crippen LogP contribution in [-0.4, -0.2) is 11.6 Å². The van der Waals surface area contributed by atoms with Crippen molar-refractivity contribution in [3.05, 3.63) is 0 Å². The van der Waals surface area contributed by atoms with Gasteiger partial charge in [0.25, 0.3) is 0 Å². The lowest BCUT2D eigenvalue weighted by Crippen LogP contribution is -2.44. The third kappa shape index (κ3) is 2.25. The van der Waals surface area contributed by atoms with E-state index in [4.69, 9.17) is 0 Å². The zero-order valence-corrected chi connectivity index (χ0v) is 9.10. The van der Waals surface area contributed by atoms with Crippen molar-refractivity contribution >= 4 is 0 Å². The molecule has 0 bridgehead atoms. The third-order valence-corrected chi connectivity index (χ3v) is 3.97. The lowest BCUT2D eigenvalue weighted by Gasteiger charge is -2.34. The largest absolute Gasteiger partial charge is 0.308 e. The Bertz CT molecular complexity index is 172. The molecule has 0 heterocycles. The van der Waals surface area contributed by atoms with Crippen molar-refractivity contribution in [2.24, 2.45) is 5.92 Å². The van der Waals surface area contributed by atoms with Crippen molar-refractivity contribution in [3.63, 3.8) is 0 Å². The van der Waals surface area contributed by atoms with Crippen LogP contribution >= 0.6 is 0 Å². The molecule has 1 nitrogen and oxygen atoms in total. The van der Waals surface area contributed by atoms with Crippen LogP contribution in [0.2, 0.25) is 0 Å². The summed E-state index contributed by atoms with van der Waals surface area (Å²) in [6.45, 7) is 4.73. The quantitative estimate of drug-likeness (QED) is 0.705. The lowest BCUT2D eigenvalue weighted by molar-refractivity contribution is 0.235. The molecular weight excluding hydrogens is 158 g/mol. The van der Waals surface area contributed by atoms with E-state index in [0.29, 0.717) is 5.54 Å². The molecule has 13 heavy (non-hydrogen) atoms. The van der Waals surface area contributed by atoms with E-state index in [1.807, 2.05) is 0 Å². The van der Waals surface area contributed by atoms with Crippen LogP contribution in [0.25, 0.3) is 0 Å². The van der Waals surface area contributed by atoms with E-state index >= 15 is 0 Å².